The van der Waals surface area contributed by atoms with Gasteiger partial charge in [0.05, 0.1) is 6.04 Å². The summed E-state index contributed by atoms with van der Waals surface area (Å²) in [6.45, 7) is 6.47. The molecular formula is C24H35IN4O2. The Kier molecular flexibility index (Phi) is 9.43. The fourth-order valence-corrected chi connectivity index (χ4v) is 3.57. The molecule has 1 aliphatic heterocycles. The van der Waals surface area contributed by atoms with E-state index in [1.807, 2.05) is 44.4 Å². The molecule has 31 heavy (non-hydrogen) atoms. The topological polar surface area (TPSA) is 58.1 Å². The van der Waals surface area contributed by atoms with E-state index in [-0.39, 0.29) is 35.6 Å². The summed E-state index contributed by atoms with van der Waals surface area (Å²) < 4.78 is 12.0. The van der Waals surface area contributed by atoms with Crippen molar-refractivity contribution in [3.8, 4) is 11.5 Å². The number of aliphatic imine (C=N–C) groups is 1. The van der Waals surface area contributed by atoms with E-state index in [1.165, 1.54) is 0 Å². The smallest absolute Gasteiger partial charge is 0.191 e. The number of ether oxygens (including phenoxy) is 2. The minimum atomic E-state index is -0.233. The number of halogens is 1. The fourth-order valence-electron chi connectivity index (χ4n) is 3.57. The Balaban J connectivity index is 0.00000341. The lowest BCUT2D eigenvalue weighted by Crippen LogP contribution is -2.45. The Labute approximate surface area is 203 Å². The molecule has 170 valence electrons. The Hall–Kier alpha value is -2.00. The monoisotopic (exact) mass is 538 g/mol. The predicted molar refractivity (Wildman–Crippen MR) is 138 cm³/mol. The lowest BCUT2D eigenvalue weighted by atomic mass is 9.90. The van der Waals surface area contributed by atoms with E-state index in [0.717, 1.165) is 41.6 Å². The summed E-state index contributed by atoms with van der Waals surface area (Å²) in [5, 5.41) is 7.00. The molecule has 2 aromatic carbocycles. The molecule has 0 amide bonds. The van der Waals surface area contributed by atoms with Crippen LogP contribution in [0.15, 0.2) is 53.5 Å². The molecular weight excluding hydrogens is 503 g/mol. The van der Waals surface area contributed by atoms with Crippen molar-refractivity contribution >= 4 is 29.9 Å². The Morgan fingerprint density at radius 3 is 2.71 bits per heavy atom. The van der Waals surface area contributed by atoms with Gasteiger partial charge in [0.15, 0.2) is 5.96 Å². The molecule has 7 heteroatoms. The van der Waals surface area contributed by atoms with Gasteiger partial charge in [-0.25, -0.2) is 0 Å². The third-order valence-electron chi connectivity index (χ3n) is 5.08. The van der Waals surface area contributed by atoms with Gasteiger partial charge in [0.2, 0.25) is 0 Å². The first kappa shape index (κ1) is 25.3. The summed E-state index contributed by atoms with van der Waals surface area (Å²) in [6, 6.07) is 16.5. The van der Waals surface area contributed by atoms with Gasteiger partial charge in [-0.2, -0.15) is 0 Å². The van der Waals surface area contributed by atoms with Gasteiger partial charge in [0, 0.05) is 32.1 Å². The molecule has 0 fully saturated rings. The lowest BCUT2D eigenvalue weighted by molar-refractivity contribution is 0.0694. The van der Waals surface area contributed by atoms with E-state index >= 15 is 0 Å². The SMILES string of the molecule is CN=C(NCc1cccc(OCCN(C)C)c1)NC1CC(C)(C)Oc2ccccc21.I. The molecule has 2 N–H and O–H groups in total. The molecule has 1 heterocycles. The standard InChI is InChI=1S/C24H34N4O2.HI/c1-24(2)16-21(20-11-6-7-12-22(20)30-24)27-23(25-3)26-17-18-9-8-10-19(15-18)29-14-13-28(4)5;/h6-12,15,21H,13-14,16-17H2,1-5H3,(H2,25,26,27);1H. The molecule has 6 nitrogen and oxygen atoms in total. The van der Waals surface area contributed by atoms with Crippen LogP contribution in [0.5, 0.6) is 11.5 Å². The third kappa shape index (κ3) is 7.57. The highest BCUT2D eigenvalue weighted by Gasteiger charge is 2.33. The van der Waals surface area contributed by atoms with Crippen LogP contribution in [0.25, 0.3) is 0 Å². The molecule has 2 aromatic rings. The van der Waals surface area contributed by atoms with Crippen molar-refractivity contribution in [2.75, 3.05) is 34.3 Å². The number of nitrogens with zero attached hydrogens (tertiary/aromatic N) is 2. The van der Waals surface area contributed by atoms with E-state index in [4.69, 9.17) is 9.47 Å². The lowest BCUT2D eigenvalue weighted by Gasteiger charge is -2.38. The van der Waals surface area contributed by atoms with Crippen molar-refractivity contribution in [2.24, 2.45) is 4.99 Å². The number of likely N-dealkylation sites (N-methyl/N-ethyl adjacent to an activating group) is 1. The van der Waals surface area contributed by atoms with Crippen LogP contribution in [0.1, 0.15) is 37.4 Å². The number of rotatable bonds is 7. The zero-order valence-corrected chi connectivity index (χ0v) is 21.5. The van der Waals surface area contributed by atoms with Gasteiger partial charge in [-0.15, -0.1) is 24.0 Å². The van der Waals surface area contributed by atoms with Crippen LogP contribution in [-0.4, -0.2) is 50.8 Å². The average Bonchev–Trinajstić information content (AvgIpc) is 2.70. The number of hydrogen-bond acceptors (Lipinski definition) is 4. The first-order chi connectivity index (χ1) is 14.4. The van der Waals surface area contributed by atoms with E-state index in [9.17, 15) is 0 Å². The van der Waals surface area contributed by atoms with Gasteiger partial charge in [-0.3, -0.25) is 4.99 Å². The Bertz CT molecular complexity index is 870. The zero-order chi connectivity index (χ0) is 21.6. The number of para-hydroxylation sites is 1. The fraction of sp³-hybridized carbons (Fsp3) is 0.458. The number of benzene rings is 2. The van der Waals surface area contributed by atoms with Crippen LogP contribution in [0.2, 0.25) is 0 Å². The third-order valence-corrected chi connectivity index (χ3v) is 5.08. The highest BCUT2D eigenvalue weighted by Crippen LogP contribution is 2.39. The molecule has 1 aliphatic rings. The maximum atomic E-state index is 6.14. The normalized spacial score (nSPS) is 17.2. The highest BCUT2D eigenvalue weighted by molar-refractivity contribution is 14.0. The van der Waals surface area contributed by atoms with Gasteiger partial charge in [-0.05, 0) is 51.7 Å². The predicted octanol–water partition coefficient (Wildman–Crippen LogP) is 4.21. The van der Waals surface area contributed by atoms with Gasteiger partial charge in [0.1, 0.15) is 23.7 Å². The van der Waals surface area contributed by atoms with Gasteiger partial charge in [-0.1, -0.05) is 30.3 Å². The van der Waals surface area contributed by atoms with Crippen molar-refractivity contribution in [3.05, 3.63) is 59.7 Å². The van der Waals surface area contributed by atoms with Crippen molar-refractivity contribution < 1.29 is 9.47 Å². The van der Waals surface area contributed by atoms with Crippen molar-refractivity contribution in [1.82, 2.24) is 15.5 Å². The second-order valence-electron chi connectivity index (χ2n) is 8.53. The van der Waals surface area contributed by atoms with E-state index < -0.39 is 0 Å². The zero-order valence-electron chi connectivity index (χ0n) is 19.1. The largest absolute Gasteiger partial charge is 0.492 e. The van der Waals surface area contributed by atoms with Crippen LogP contribution >= 0.6 is 24.0 Å². The number of fused-ring (bicyclic) bond motifs is 1. The molecule has 1 atom stereocenters. The Morgan fingerprint density at radius 1 is 1.19 bits per heavy atom. The highest BCUT2D eigenvalue weighted by atomic mass is 127. The number of nitrogens with one attached hydrogen (secondary N) is 2. The van der Waals surface area contributed by atoms with Gasteiger partial charge >= 0.3 is 0 Å². The summed E-state index contributed by atoms with van der Waals surface area (Å²) >= 11 is 0. The summed E-state index contributed by atoms with van der Waals surface area (Å²) in [4.78, 5) is 6.53. The minimum Gasteiger partial charge on any atom is -0.492 e. The molecule has 3 rings (SSSR count). The van der Waals surface area contributed by atoms with Crippen molar-refractivity contribution in [3.63, 3.8) is 0 Å². The molecule has 0 saturated heterocycles. The van der Waals surface area contributed by atoms with Crippen LogP contribution in [0.4, 0.5) is 0 Å². The van der Waals surface area contributed by atoms with Crippen molar-refractivity contribution in [2.45, 2.75) is 38.5 Å². The molecule has 0 saturated carbocycles. The summed E-state index contributed by atoms with van der Waals surface area (Å²) in [7, 11) is 5.88. The number of hydrogen-bond donors (Lipinski definition) is 2. The molecule has 0 bridgehead atoms. The van der Waals surface area contributed by atoms with Crippen LogP contribution in [-0.2, 0) is 6.54 Å². The van der Waals surface area contributed by atoms with Crippen LogP contribution < -0.4 is 20.1 Å². The summed E-state index contributed by atoms with van der Waals surface area (Å²) in [6.07, 6.45) is 0.861. The quantitative estimate of drug-likeness (QED) is 0.314. The van der Waals surface area contributed by atoms with E-state index in [1.54, 1.807) is 7.05 Å². The van der Waals surface area contributed by atoms with E-state index in [0.29, 0.717) is 13.2 Å². The second-order valence-corrected chi connectivity index (χ2v) is 8.53. The van der Waals surface area contributed by atoms with E-state index in [2.05, 4.69) is 52.6 Å². The first-order valence-electron chi connectivity index (χ1n) is 10.5. The van der Waals surface area contributed by atoms with Crippen LogP contribution in [0, 0.1) is 0 Å². The van der Waals surface area contributed by atoms with Gasteiger partial charge < -0.3 is 25.0 Å². The van der Waals surface area contributed by atoms with Gasteiger partial charge in [0.25, 0.3) is 0 Å². The summed E-state index contributed by atoms with van der Waals surface area (Å²) in [5.74, 6) is 2.59. The second kappa shape index (κ2) is 11.6. The molecule has 0 spiro atoms. The molecule has 0 radical (unpaired) electrons. The average molecular weight is 538 g/mol. The number of guanidine groups is 1. The minimum absolute atomic E-state index is 0. The van der Waals surface area contributed by atoms with Crippen LogP contribution in [0.3, 0.4) is 0 Å². The maximum absolute atomic E-state index is 6.14. The molecule has 0 aliphatic carbocycles. The maximum Gasteiger partial charge on any atom is 0.191 e. The summed E-state index contributed by atoms with van der Waals surface area (Å²) in [5.41, 5.74) is 2.08. The first-order valence-corrected chi connectivity index (χ1v) is 10.5. The molecule has 0 aromatic heterocycles. The Morgan fingerprint density at radius 2 is 1.97 bits per heavy atom. The molecule has 1 unspecified atom stereocenters. The van der Waals surface area contributed by atoms with Crippen molar-refractivity contribution in [1.29, 1.82) is 0 Å².